The molecule has 0 unspecified atom stereocenters. The summed E-state index contributed by atoms with van der Waals surface area (Å²) < 4.78 is 17.1. The lowest BCUT2D eigenvalue weighted by Crippen LogP contribution is -2.11. The number of ether oxygens (including phenoxy) is 3. The lowest BCUT2D eigenvalue weighted by Gasteiger charge is -2.14. The second kappa shape index (κ2) is 10.8. The van der Waals surface area contributed by atoms with Gasteiger partial charge in [0.15, 0.2) is 0 Å². The number of aromatic nitrogens is 2. The van der Waals surface area contributed by atoms with E-state index in [4.69, 9.17) is 14.2 Å². The molecule has 2 aromatic rings. The smallest absolute Gasteiger partial charge is 0.233 e. The van der Waals surface area contributed by atoms with Crippen molar-refractivity contribution in [2.24, 2.45) is 5.16 Å². The van der Waals surface area contributed by atoms with E-state index in [0.29, 0.717) is 31.4 Å². The van der Waals surface area contributed by atoms with Gasteiger partial charge in [-0.3, -0.25) is 0 Å². The fourth-order valence-corrected chi connectivity index (χ4v) is 2.33. The molecule has 0 amide bonds. The molecule has 0 aliphatic carbocycles. The number of aryl methyl sites for hydroxylation is 2. The first-order valence-electron chi connectivity index (χ1n) is 8.65. The molecule has 27 heavy (non-hydrogen) atoms. The maximum Gasteiger partial charge on any atom is 0.233 e. The number of hydrogen-bond donors (Lipinski definition) is 0. The van der Waals surface area contributed by atoms with Crippen LogP contribution in [0.4, 0.5) is 0 Å². The Kier molecular flexibility index (Phi) is 8.09. The molecule has 0 N–H and O–H groups in total. The average Bonchev–Trinajstić information content (AvgIpc) is 2.66. The molecular formula is C20H25N3O4. The van der Waals surface area contributed by atoms with Crippen LogP contribution in [-0.4, -0.2) is 43.3 Å². The summed E-state index contributed by atoms with van der Waals surface area (Å²) >= 11 is 0. The third kappa shape index (κ3) is 6.62. The fraction of sp³-hybridized carbons (Fsp3) is 0.350. The minimum absolute atomic E-state index is 0.360. The van der Waals surface area contributed by atoms with Gasteiger partial charge < -0.3 is 19.0 Å². The fourth-order valence-electron chi connectivity index (χ4n) is 2.33. The van der Waals surface area contributed by atoms with Crippen LogP contribution in [0.5, 0.6) is 17.4 Å². The molecule has 1 aromatic carbocycles. The summed E-state index contributed by atoms with van der Waals surface area (Å²) in [5, 5.41) is 11.5. The summed E-state index contributed by atoms with van der Waals surface area (Å²) in [6.45, 7) is 7.28. The minimum atomic E-state index is 0.360. The first-order valence-corrected chi connectivity index (χ1v) is 8.65. The second-order valence-electron chi connectivity index (χ2n) is 5.68. The van der Waals surface area contributed by atoms with E-state index in [9.17, 15) is 0 Å². The molecule has 0 atom stereocenters. The van der Waals surface area contributed by atoms with Gasteiger partial charge in [-0.15, -0.1) is 10.2 Å². The predicted octanol–water partition coefficient (Wildman–Crippen LogP) is 3.49. The van der Waals surface area contributed by atoms with Gasteiger partial charge in [0.2, 0.25) is 5.88 Å². The van der Waals surface area contributed by atoms with Crippen LogP contribution in [0.2, 0.25) is 0 Å². The molecule has 0 spiro atoms. The van der Waals surface area contributed by atoms with E-state index < -0.39 is 0 Å². The van der Waals surface area contributed by atoms with Gasteiger partial charge in [-0.2, -0.15) is 0 Å². The lowest BCUT2D eigenvalue weighted by atomic mass is 10.1. The summed E-state index contributed by atoms with van der Waals surface area (Å²) in [4.78, 5) is 4.59. The third-order valence-corrected chi connectivity index (χ3v) is 3.55. The summed E-state index contributed by atoms with van der Waals surface area (Å²) in [6, 6.07) is 7.40. The van der Waals surface area contributed by atoms with E-state index in [-0.39, 0.29) is 0 Å². The molecule has 1 heterocycles. The van der Waals surface area contributed by atoms with Gasteiger partial charge in [-0.1, -0.05) is 17.3 Å². The highest BCUT2D eigenvalue weighted by Gasteiger charge is 2.07. The zero-order valence-corrected chi connectivity index (χ0v) is 16.1. The van der Waals surface area contributed by atoms with Crippen molar-refractivity contribution in [2.45, 2.75) is 20.8 Å². The first kappa shape index (κ1) is 20.2. The zero-order valence-electron chi connectivity index (χ0n) is 16.1. The van der Waals surface area contributed by atoms with Crippen LogP contribution in [0.15, 0.2) is 41.6 Å². The Labute approximate surface area is 159 Å². The van der Waals surface area contributed by atoms with Crippen molar-refractivity contribution in [3.8, 4) is 17.4 Å². The number of allylic oxidation sites excluding steroid dienone is 1. The quantitative estimate of drug-likeness (QED) is 0.275. The molecule has 1 aromatic heterocycles. The number of benzene rings is 1. The molecule has 0 fully saturated rings. The van der Waals surface area contributed by atoms with Gasteiger partial charge in [0.25, 0.3) is 0 Å². The summed E-state index contributed by atoms with van der Waals surface area (Å²) in [6.07, 6.45) is 5.39. The number of rotatable bonds is 10. The van der Waals surface area contributed by atoms with E-state index in [2.05, 4.69) is 20.2 Å². The molecule has 2 rings (SSSR count). The zero-order chi connectivity index (χ0) is 19.5. The van der Waals surface area contributed by atoms with Crippen molar-refractivity contribution in [1.82, 2.24) is 10.2 Å². The SMILES string of the molecule is C/C=C/COc1cc(C)c(OCCOc2ccc(/C=N/OC)nn2)c(C)c1. The second-order valence-corrected chi connectivity index (χ2v) is 5.68. The Bertz CT molecular complexity index is 750. The van der Waals surface area contributed by atoms with Crippen molar-refractivity contribution in [1.29, 1.82) is 0 Å². The minimum Gasteiger partial charge on any atom is -0.490 e. The standard InChI is InChI=1S/C20H25N3O4/c1-5-6-9-25-18-12-15(2)20(16(3)13-18)27-11-10-26-19-8-7-17(22-23-19)14-21-24-4/h5-8,12-14H,9-11H2,1-4H3/b6-5+,21-14+. The van der Waals surface area contributed by atoms with Crippen LogP contribution in [0, 0.1) is 13.8 Å². The summed E-state index contributed by atoms with van der Waals surface area (Å²) in [5.41, 5.74) is 2.63. The van der Waals surface area contributed by atoms with Gasteiger partial charge in [-0.05, 0) is 50.1 Å². The lowest BCUT2D eigenvalue weighted by molar-refractivity contribution is 0.208. The molecule has 0 saturated carbocycles. The highest BCUT2D eigenvalue weighted by Crippen LogP contribution is 2.28. The molecule has 0 radical (unpaired) electrons. The van der Waals surface area contributed by atoms with Crippen molar-refractivity contribution in [3.05, 3.63) is 53.2 Å². The van der Waals surface area contributed by atoms with Crippen LogP contribution < -0.4 is 14.2 Å². The van der Waals surface area contributed by atoms with Gasteiger partial charge in [-0.25, -0.2) is 0 Å². The van der Waals surface area contributed by atoms with Crippen LogP contribution in [0.1, 0.15) is 23.7 Å². The topological polar surface area (TPSA) is 75.1 Å². The van der Waals surface area contributed by atoms with Gasteiger partial charge in [0.05, 0.1) is 6.21 Å². The van der Waals surface area contributed by atoms with E-state index in [1.54, 1.807) is 12.1 Å². The maximum absolute atomic E-state index is 5.87. The Morgan fingerprint density at radius 1 is 1.00 bits per heavy atom. The van der Waals surface area contributed by atoms with Gasteiger partial charge in [0.1, 0.15) is 44.1 Å². The van der Waals surface area contributed by atoms with Crippen LogP contribution in [0.25, 0.3) is 0 Å². The molecule has 7 nitrogen and oxygen atoms in total. The summed E-state index contributed by atoms with van der Waals surface area (Å²) in [7, 11) is 1.47. The number of nitrogens with zero attached hydrogens (tertiary/aromatic N) is 3. The Morgan fingerprint density at radius 3 is 2.37 bits per heavy atom. The van der Waals surface area contributed by atoms with Gasteiger partial charge >= 0.3 is 0 Å². The molecule has 144 valence electrons. The summed E-state index contributed by atoms with van der Waals surface area (Å²) in [5.74, 6) is 2.10. The highest BCUT2D eigenvalue weighted by atomic mass is 16.6. The van der Waals surface area contributed by atoms with Crippen molar-refractivity contribution >= 4 is 6.21 Å². The van der Waals surface area contributed by atoms with Crippen LogP contribution in [0.3, 0.4) is 0 Å². The molecule has 0 saturated heterocycles. The monoisotopic (exact) mass is 371 g/mol. The number of oxime groups is 1. The van der Waals surface area contributed by atoms with Crippen LogP contribution in [-0.2, 0) is 4.84 Å². The normalized spacial score (nSPS) is 11.1. The van der Waals surface area contributed by atoms with Crippen molar-refractivity contribution < 1.29 is 19.0 Å². The maximum atomic E-state index is 5.87. The van der Waals surface area contributed by atoms with Gasteiger partial charge in [0, 0.05) is 6.07 Å². The Morgan fingerprint density at radius 2 is 1.74 bits per heavy atom. The third-order valence-electron chi connectivity index (χ3n) is 3.55. The average molecular weight is 371 g/mol. The molecule has 0 bridgehead atoms. The Balaban J connectivity index is 1.83. The first-order chi connectivity index (χ1) is 13.1. The van der Waals surface area contributed by atoms with Crippen molar-refractivity contribution in [3.63, 3.8) is 0 Å². The largest absolute Gasteiger partial charge is 0.490 e. The predicted molar refractivity (Wildman–Crippen MR) is 104 cm³/mol. The Hall–Kier alpha value is -3.09. The van der Waals surface area contributed by atoms with E-state index in [1.165, 1.54) is 13.3 Å². The number of hydrogen-bond acceptors (Lipinski definition) is 7. The van der Waals surface area contributed by atoms with Crippen molar-refractivity contribution in [2.75, 3.05) is 26.9 Å². The van der Waals surface area contributed by atoms with E-state index in [1.807, 2.05) is 45.1 Å². The highest BCUT2D eigenvalue weighted by molar-refractivity contribution is 5.75. The molecule has 7 heteroatoms. The van der Waals surface area contributed by atoms with E-state index in [0.717, 1.165) is 22.6 Å². The molecule has 0 aliphatic rings. The molecular weight excluding hydrogens is 346 g/mol. The molecule has 0 aliphatic heterocycles. The van der Waals surface area contributed by atoms with E-state index >= 15 is 0 Å². The van der Waals surface area contributed by atoms with Crippen LogP contribution >= 0.6 is 0 Å².